The van der Waals surface area contributed by atoms with Crippen molar-refractivity contribution in [3.05, 3.63) is 29.8 Å². The molecule has 1 aromatic carbocycles. The lowest BCUT2D eigenvalue weighted by Crippen LogP contribution is -2.36. The van der Waals surface area contributed by atoms with Crippen LogP contribution in [0.2, 0.25) is 0 Å². The van der Waals surface area contributed by atoms with E-state index in [1.807, 2.05) is 6.92 Å². The first kappa shape index (κ1) is 12.9. The molecule has 0 unspecified atom stereocenters. The summed E-state index contributed by atoms with van der Waals surface area (Å²) in [5, 5.41) is 0. The van der Waals surface area contributed by atoms with Crippen LogP contribution >= 0.6 is 0 Å². The molecule has 0 N–H and O–H groups in total. The molecule has 0 spiro atoms. The first-order valence-corrected chi connectivity index (χ1v) is 5.09. The molecule has 0 bridgehead atoms. The van der Waals surface area contributed by atoms with Gasteiger partial charge in [-0.05, 0) is 38.5 Å². The standard InChI is InChI=1S/C12H15F3O/c1-4-16-10-7-5-9(6-8-10)11(2,3)12(13,14)15/h5-8H,4H2,1-3H3. The molecule has 90 valence electrons. The highest BCUT2D eigenvalue weighted by molar-refractivity contribution is 5.32. The van der Waals surface area contributed by atoms with E-state index in [2.05, 4.69) is 0 Å². The topological polar surface area (TPSA) is 9.23 Å². The normalized spacial score (nSPS) is 12.6. The van der Waals surface area contributed by atoms with Crippen molar-refractivity contribution in [2.75, 3.05) is 6.61 Å². The third-order valence-electron chi connectivity index (χ3n) is 2.60. The van der Waals surface area contributed by atoms with Crippen molar-refractivity contribution in [3.8, 4) is 5.75 Å². The van der Waals surface area contributed by atoms with E-state index < -0.39 is 11.6 Å². The van der Waals surface area contributed by atoms with Gasteiger partial charge in [-0.1, -0.05) is 12.1 Å². The molecule has 0 aliphatic carbocycles. The van der Waals surface area contributed by atoms with Gasteiger partial charge in [0.05, 0.1) is 12.0 Å². The van der Waals surface area contributed by atoms with E-state index >= 15 is 0 Å². The number of rotatable bonds is 3. The zero-order chi connectivity index (χ0) is 12.4. The summed E-state index contributed by atoms with van der Waals surface area (Å²) in [5.41, 5.74) is -1.60. The minimum Gasteiger partial charge on any atom is -0.494 e. The molecule has 0 atom stereocenters. The maximum absolute atomic E-state index is 12.7. The van der Waals surface area contributed by atoms with Crippen molar-refractivity contribution >= 4 is 0 Å². The summed E-state index contributed by atoms with van der Waals surface area (Å²) in [4.78, 5) is 0. The quantitative estimate of drug-likeness (QED) is 0.767. The van der Waals surface area contributed by atoms with Gasteiger partial charge >= 0.3 is 6.18 Å². The Morgan fingerprint density at radius 2 is 1.56 bits per heavy atom. The number of ether oxygens (including phenoxy) is 1. The highest BCUT2D eigenvalue weighted by Crippen LogP contribution is 2.40. The zero-order valence-corrected chi connectivity index (χ0v) is 9.56. The summed E-state index contributed by atoms with van der Waals surface area (Å²) < 4.78 is 43.4. The molecule has 0 aliphatic rings. The average Bonchev–Trinajstić information content (AvgIpc) is 2.17. The Morgan fingerprint density at radius 3 is 1.94 bits per heavy atom. The molecule has 0 saturated heterocycles. The van der Waals surface area contributed by atoms with Crippen LogP contribution in [0.15, 0.2) is 24.3 Å². The number of hydrogen-bond acceptors (Lipinski definition) is 1. The first-order valence-electron chi connectivity index (χ1n) is 5.09. The highest BCUT2D eigenvalue weighted by Gasteiger charge is 2.48. The summed E-state index contributed by atoms with van der Waals surface area (Å²) >= 11 is 0. The van der Waals surface area contributed by atoms with Gasteiger partial charge < -0.3 is 4.74 Å². The minimum atomic E-state index is -4.25. The van der Waals surface area contributed by atoms with E-state index in [0.717, 1.165) is 0 Å². The van der Waals surface area contributed by atoms with E-state index in [0.29, 0.717) is 12.4 Å². The summed E-state index contributed by atoms with van der Waals surface area (Å²) in [6.45, 7) is 4.67. The number of halogens is 3. The highest BCUT2D eigenvalue weighted by atomic mass is 19.4. The molecule has 0 aliphatic heterocycles. The molecule has 0 aromatic heterocycles. The van der Waals surface area contributed by atoms with Crippen LogP contribution in [0.1, 0.15) is 26.3 Å². The molecule has 0 heterocycles. The summed E-state index contributed by atoms with van der Waals surface area (Å²) in [6.07, 6.45) is -4.25. The Hall–Kier alpha value is -1.19. The van der Waals surface area contributed by atoms with Crippen LogP contribution in [0.5, 0.6) is 5.75 Å². The van der Waals surface area contributed by atoms with Crippen LogP contribution in [-0.4, -0.2) is 12.8 Å². The third-order valence-corrected chi connectivity index (χ3v) is 2.60. The lowest BCUT2D eigenvalue weighted by Gasteiger charge is -2.28. The lowest BCUT2D eigenvalue weighted by molar-refractivity contribution is -0.180. The van der Waals surface area contributed by atoms with Crippen molar-refractivity contribution in [1.29, 1.82) is 0 Å². The first-order chi connectivity index (χ1) is 7.29. The van der Waals surface area contributed by atoms with Crippen LogP contribution in [-0.2, 0) is 5.41 Å². The van der Waals surface area contributed by atoms with Crippen LogP contribution in [0.25, 0.3) is 0 Å². The van der Waals surface area contributed by atoms with Gasteiger partial charge in [0, 0.05) is 0 Å². The molecule has 0 amide bonds. The van der Waals surface area contributed by atoms with Crippen LogP contribution in [0.3, 0.4) is 0 Å². The van der Waals surface area contributed by atoms with Crippen molar-refractivity contribution in [2.45, 2.75) is 32.4 Å². The van der Waals surface area contributed by atoms with Gasteiger partial charge in [-0.15, -0.1) is 0 Å². The second-order valence-corrected chi connectivity index (χ2v) is 4.08. The molecule has 1 rings (SSSR count). The summed E-state index contributed by atoms with van der Waals surface area (Å²) in [7, 11) is 0. The molecule has 1 nitrogen and oxygen atoms in total. The van der Waals surface area contributed by atoms with Crippen LogP contribution < -0.4 is 4.74 Å². The predicted octanol–water partition coefficient (Wildman–Crippen LogP) is 3.93. The molecule has 1 aromatic rings. The molecule has 0 fully saturated rings. The van der Waals surface area contributed by atoms with Crippen molar-refractivity contribution in [3.63, 3.8) is 0 Å². The van der Waals surface area contributed by atoms with Gasteiger partial charge in [0.15, 0.2) is 0 Å². The van der Waals surface area contributed by atoms with E-state index in [-0.39, 0.29) is 5.56 Å². The Labute approximate surface area is 93.2 Å². The van der Waals surface area contributed by atoms with Gasteiger partial charge in [0.25, 0.3) is 0 Å². The van der Waals surface area contributed by atoms with Gasteiger partial charge in [-0.3, -0.25) is 0 Å². The minimum absolute atomic E-state index is 0.239. The van der Waals surface area contributed by atoms with E-state index in [1.165, 1.54) is 26.0 Å². The zero-order valence-electron chi connectivity index (χ0n) is 9.56. The molecular formula is C12H15F3O. The largest absolute Gasteiger partial charge is 0.494 e. The van der Waals surface area contributed by atoms with E-state index in [4.69, 9.17) is 4.74 Å². The maximum atomic E-state index is 12.7. The average molecular weight is 232 g/mol. The summed E-state index contributed by atoms with van der Waals surface area (Å²) in [5.74, 6) is 0.587. The Bertz CT molecular complexity index is 338. The van der Waals surface area contributed by atoms with Crippen LogP contribution in [0.4, 0.5) is 13.2 Å². The van der Waals surface area contributed by atoms with Gasteiger partial charge in [0.1, 0.15) is 5.75 Å². The van der Waals surface area contributed by atoms with Gasteiger partial charge in [0.2, 0.25) is 0 Å². The Kier molecular flexibility index (Phi) is 3.51. The fourth-order valence-corrected chi connectivity index (χ4v) is 1.30. The number of alkyl halides is 3. The molecule has 16 heavy (non-hydrogen) atoms. The lowest BCUT2D eigenvalue weighted by atomic mass is 9.84. The van der Waals surface area contributed by atoms with E-state index in [9.17, 15) is 13.2 Å². The molecule has 4 heteroatoms. The Morgan fingerprint density at radius 1 is 1.06 bits per heavy atom. The van der Waals surface area contributed by atoms with Crippen LogP contribution in [0, 0.1) is 0 Å². The van der Waals surface area contributed by atoms with Gasteiger partial charge in [-0.25, -0.2) is 0 Å². The summed E-state index contributed by atoms with van der Waals surface area (Å²) in [6, 6.07) is 6.04. The number of hydrogen-bond donors (Lipinski definition) is 0. The van der Waals surface area contributed by atoms with Crippen molar-refractivity contribution < 1.29 is 17.9 Å². The van der Waals surface area contributed by atoms with Gasteiger partial charge in [-0.2, -0.15) is 13.2 Å². The number of benzene rings is 1. The predicted molar refractivity (Wildman–Crippen MR) is 56.7 cm³/mol. The fraction of sp³-hybridized carbons (Fsp3) is 0.500. The third kappa shape index (κ3) is 2.49. The smallest absolute Gasteiger partial charge is 0.397 e. The monoisotopic (exact) mass is 232 g/mol. The maximum Gasteiger partial charge on any atom is 0.397 e. The Balaban J connectivity index is 2.97. The van der Waals surface area contributed by atoms with E-state index in [1.54, 1.807) is 12.1 Å². The van der Waals surface area contributed by atoms with Crippen molar-refractivity contribution in [2.24, 2.45) is 0 Å². The second kappa shape index (κ2) is 4.36. The molecule has 0 saturated carbocycles. The fourth-order valence-electron chi connectivity index (χ4n) is 1.30. The molecule has 0 radical (unpaired) electrons. The molecular weight excluding hydrogens is 217 g/mol. The second-order valence-electron chi connectivity index (χ2n) is 4.08. The van der Waals surface area contributed by atoms with Crippen molar-refractivity contribution in [1.82, 2.24) is 0 Å². The SMILES string of the molecule is CCOc1ccc(C(C)(C)C(F)(F)F)cc1.